The Hall–Kier alpha value is -1.84. The van der Waals surface area contributed by atoms with E-state index in [1.54, 1.807) is 0 Å². The Bertz CT molecular complexity index is 595. The SMILES string of the molecule is CC(O)(CN1CCOc2ccccc2C1)c1ccccc1. The maximum atomic E-state index is 10.8. The van der Waals surface area contributed by atoms with E-state index in [4.69, 9.17) is 4.74 Å². The molecule has 2 aromatic rings. The number of aliphatic hydroxyl groups is 1. The third kappa shape index (κ3) is 3.26. The van der Waals surface area contributed by atoms with E-state index in [2.05, 4.69) is 11.0 Å². The Morgan fingerprint density at radius 2 is 1.81 bits per heavy atom. The van der Waals surface area contributed by atoms with Crippen LogP contribution in [0.15, 0.2) is 54.6 Å². The summed E-state index contributed by atoms with van der Waals surface area (Å²) >= 11 is 0. The average Bonchev–Trinajstić information content (AvgIpc) is 2.69. The van der Waals surface area contributed by atoms with E-state index in [0.717, 1.165) is 24.4 Å². The number of β-amino-alcohol motifs (C(OH)–C–C–N with tert-alkyl or cyclic N) is 1. The molecule has 1 N–H and O–H groups in total. The van der Waals surface area contributed by atoms with Crippen molar-refractivity contribution in [3.63, 3.8) is 0 Å². The minimum absolute atomic E-state index is 0.592. The summed E-state index contributed by atoms with van der Waals surface area (Å²) in [7, 11) is 0. The minimum Gasteiger partial charge on any atom is -0.492 e. The number of nitrogens with zero attached hydrogens (tertiary/aromatic N) is 1. The standard InChI is InChI=1S/C18H21NO2/c1-18(20,16-8-3-2-4-9-16)14-19-11-12-21-17-10-6-5-7-15(17)13-19/h2-10,20H,11-14H2,1H3. The fraction of sp³-hybridized carbons (Fsp3) is 0.333. The van der Waals surface area contributed by atoms with Gasteiger partial charge in [-0.2, -0.15) is 0 Å². The first-order valence-electron chi connectivity index (χ1n) is 7.36. The summed E-state index contributed by atoms with van der Waals surface area (Å²) in [6.07, 6.45) is 0. The molecule has 0 aromatic heterocycles. The summed E-state index contributed by atoms with van der Waals surface area (Å²) in [5.74, 6) is 0.958. The second-order valence-electron chi connectivity index (χ2n) is 5.81. The highest BCUT2D eigenvalue weighted by atomic mass is 16.5. The van der Waals surface area contributed by atoms with Gasteiger partial charge in [-0.15, -0.1) is 0 Å². The quantitative estimate of drug-likeness (QED) is 0.940. The summed E-state index contributed by atoms with van der Waals surface area (Å²) in [5.41, 5.74) is 1.27. The highest BCUT2D eigenvalue weighted by Gasteiger charge is 2.27. The summed E-state index contributed by atoms with van der Waals surface area (Å²) in [5, 5.41) is 10.8. The molecule has 0 fully saturated rings. The number of rotatable bonds is 3. The number of fused-ring (bicyclic) bond motifs is 1. The third-order valence-corrected chi connectivity index (χ3v) is 3.96. The first-order valence-corrected chi connectivity index (χ1v) is 7.36. The average molecular weight is 283 g/mol. The van der Waals surface area contributed by atoms with Crippen molar-refractivity contribution in [2.24, 2.45) is 0 Å². The molecule has 0 amide bonds. The van der Waals surface area contributed by atoms with Crippen molar-refractivity contribution in [2.45, 2.75) is 19.1 Å². The first kappa shape index (κ1) is 14.1. The Kier molecular flexibility index (Phi) is 3.95. The molecule has 1 heterocycles. The third-order valence-electron chi connectivity index (χ3n) is 3.96. The maximum absolute atomic E-state index is 10.8. The summed E-state index contributed by atoms with van der Waals surface area (Å²) in [6, 6.07) is 18.0. The molecule has 0 radical (unpaired) electrons. The van der Waals surface area contributed by atoms with Crippen molar-refractivity contribution in [2.75, 3.05) is 19.7 Å². The fourth-order valence-electron chi connectivity index (χ4n) is 2.84. The van der Waals surface area contributed by atoms with Crippen molar-refractivity contribution >= 4 is 0 Å². The zero-order chi connectivity index (χ0) is 14.7. The molecule has 0 saturated carbocycles. The van der Waals surface area contributed by atoms with Crippen LogP contribution < -0.4 is 4.74 Å². The van der Waals surface area contributed by atoms with Gasteiger partial charge in [-0.05, 0) is 18.6 Å². The van der Waals surface area contributed by atoms with Crippen molar-refractivity contribution in [1.82, 2.24) is 4.90 Å². The zero-order valence-electron chi connectivity index (χ0n) is 12.3. The van der Waals surface area contributed by atoms with Crippen LogP contribution >= 0.6 is 0 Å². The lowest BCUT2D eigenvalue weighted by molar-refractivity contribution is 0.0122. The molecule has 1 unspecified atom stereocenters. The van der Waals surface area contributed by atoms with Crippen molar-refractivity contribution in [3.05, 3.63) is 65.7 Å². The van der Waals surface area contributed by atoms with Crippen LogP contribution in [0.5, 0.6) is 5.75 Å². The summed E-state index contributed by atoms with van der Waals surface area (Å²) in [4.78, 5) is 2.25. The first-order chi connectivity index (χ1) is 10.1. The molecule has 2 aromatic carbocycles. The monoisotopic (exact) mass is 283 g/mol. The van der Waals surface area contributed by atoms with E-state index in [1.807, 2.05) is 55.5 Å². The van der Waals surface area contributed by atoms with E-state index in [0.29, 0.717) is 13.2 Å². The lowest BCUT2D eigenvalue weighted by atomic mass is 9.95. The van der Waals surface area contributed by atoms with Crippen LogP contribution in [0, 0.1) is 0 Å². The van der Waals surface area contributed by atoms with Crippen LogP contribution in [0.3, 0.4) is 0 Å². The van der Waals surface area contributed by atoms with Gasteiger partial charge in [0.05, 0.1) is 5.60 Å². The van der Waals surface area contributed by atoms with E-state index in [1.165, 1.54) is 5.56 Å². The van der Waals surface area contributed by atoms with E-state index in [9.17, 15) is 5.11 Å². The summed E-state index contributed by atoms with van der Waals surface area (Å²) in [6.45, 7) is 4.74. The molecule has 1 aliphatic heterocycles. The van der Waals surface area contributed by atoms with Crippen LogP contribution in [-0.4, -0.2) is 29.7 Å². The Morgan fingerprint density at radius 3 is 2.62 bits per heavy atom. The van der Waals surface area contributed by atoms with Crippen LogP contribution in [0.1, 0.15) is 18.1 Å². The van der Waals surface area contributed by atoms with Gasteiger partial charge in [0.25, 0.3) is 0 Å². The second-order valence-corrected chi connectivity index (χ2v) is 5.81. The molecule has 0 spiro atoms. The van der Waals surface area contributed by atoms with Gasteiger partial charge < -0.3 is 9.84 Å². The zero-order valence-corrected chi connectivity index (χ0v) is 12.3. The Labute approximate surface area is 125 Å². The molecule has 21 heavy (non-hydrogen) atoms. The van der Waals surface area contributed by atoms with Gasteiger partial charge in [-0.1, -0.05) is 48.5 Å². The van der Waals surface area contributed by atoms with Crippen LogP contribution in [-0.2, 0) is 12.1 Å². The van der Waals surface area contributed by atoms with Crippen molar-refractivity contribution in [1.29, 1.82) is 0 Å². The van der Waals surface area contributed by atoms with Gasteiger partial charge in [0, 0.05) is 25.2 Å². The fourth-order valence-corrected chi connectivity index (χ4v) is 2.84. The summed E-state index contributed by atoms with van der Waals surface area (Å²) < 4.78 is 5.78. The number of hydrogen-bond donors (Lipinski definition) is 1. The van der Waals surface area contributed by atoms with Crippen molar-refractivity contribution in [3.8, 4) is 5.75 Å². The van der Waals surface area contributed by atoms with E-state index >= 15 is 0 Å². The lowest BCUT2D eigenvalue weighted by Gasteiger charge is -2.31. The van der Waals surface area contributed by atoms with Gasteiger partial charge in [-0.3, -0.25) is 4.90 Å². The largest absolute Gasteiger partial charge is 0.492 e. The van der Waals surface area contributed by atoms with Gasteiger partial charge >= 0.3 is 0 Å². The Balaban J connectivity index is 1.76. The molecule has 0 bridgehead atoms. The molecular formula is C18H21NO2. The van der Waals surface area contributed by atoms with E-state index in [-0.39, 0.29) is 0 Å². The predicted octanol–water partition coefficient (Wildman–Crippen LogP) is 2.79. The van der Waals surface area contributed by atoms with Gasteiger partial charge in [0.1, 0.15) is 12.4 Å². The lowest BCUT2D eigenvalue weighted by Crippen LogP contribution is -2.39. The topological polar surface area (TPSA) is 32.7 Å². The van der Waals surface area contributed by atoms with Crippen LogP contribution in [0.2, 0.25) is 0 Å². The van der Waals surface area contributed by atoms with Crippen LogP contribution in [0.4, 0.5) is 0 Å². The normalized spacial score (nSPS) is 18.2. The van der Waals surface area contributed by atoms with E-state index < -0.39 is 5.60 Å². The van der Waals surface area contributed by atoms with Crippen molar-refractivity contribution < 1.29 is 9.84 Å². The van der Waals surface area contributed by atoms with Gasteiger partial charge in [0.2, 0.25) is 0 Å². The van der Waals surface area contributed by atoms with Gasteiger partial charge in [-0.25, -0.2) is 0 Å². The number of ether oxygens (including phenoxy) is 1. The van der Waals surface area contributed by atoms with Crippen LogP contribution in [0.25, 0.3) is 0 Å². The number of benzene rings is 2. The second kappa shape index (κ2) is 5.88. The molecule has 0 saturated heterocycles. The maximum Gasteiger partial charge on any atom is 0.123 e. The molecule has 0 aliphatic carbocycles. The molecule has 3 rings (SSSR count). The predicted molar refractivity (Wildman–Crippen MR) is 83.2 cm³/mol. The molecular weight excluding hydrogens is 262 g/mol. The highest BCUT2D eigenvalue weighted by molar-refractivity contribution is 5.34. The molecule has 3 nitrogen and oxygen atoms in total. The Morgan fingerprint density at radius 1 is 1.10 bits per heavy atom. The minimum atomic E-state index is -0.861. The molecule has 110 valence electrons. The number of para-hydroxylation sites is 1. The molecule has 3 heteroatoms. The number of hydrogen-bond acceptors (Lipinski definition) is 3. The smallest absolute Gasteiger partial charge is 0.123 e. The van der Waals surface area contributed by atoms with Gasteiger partial charge in [0.15, 0.2) is 0 Å². The highest BCUT2D eigenvalue weighted by Crippen LogP contribution is 2.26. The molecule has 1 aliphatic rings. The molecule has 1 atom stereocenters.